The number of ether oxygens (including phenoxy) is 6. The summed E-state index contributed by atoms with van der Waals surface area (Å²) in [6.07, 6.45) is 14.8. The molecule has 15 atom stereocenters. The third-order valence-electron chi connectivity index (χ3n) is 15.3. The van der Waals surface area contributed by atoms with Gasteiger partial charge in [-0.1, -0.05) is 83.6 Å². The number of aliphatic hydroxyl groups is 2. The van der Waals surface area contributed by atoms with Crippen molar-refractivity contribution in [2.24, 2.45) is 41.4 Å². The number of aliphatic hydroxyl groups excluding tert-OH is 1. The average molecular weight is 956 g/mol. The zero-order valence-corrected chi connectivity index (χ0v) is 43.0. The predicted octanol–water partition coefficient (Wildman–Crippen LogP) is 7.47. The Balaban J connectivity index is 1.70. The van der Waals surface area contributed by atoms with Crippen LogP contribution in [-0.2, 0) is 52.4 Å². The number of esters is 1. The molecule has 0 radical (unpaired) electrons. The first kappa shape index (κ1) is 57.2. The van der Waals surface area contributed by atoms with Crippen LogP contribution >= 0.6 is 0 Å². The first-order valence-corrected chi connectivity index (χ1v) is 25.3. The molecular weight excluding hydrogens is 871 g/mol. The molecular formula is C54H85NO13. The number of carbonyl (C=O) groups is 5. The number of methoxy groups -OCH3 is 3. The van der Waals surface area contributed by atoms with Gasteiger partial charge in [-0.25, -0.2) is 4.79 Å². The lowest BCUT2D eigenvalue weighted by Crippen LogP contribution is -2.61. The highest BCUT2D eigenvalue weighted by Crippen LogP contribution is 2.38. The normalized spacial score (nSPS) is 39.2. The molecule has 0 aromatic heterocycles. The molecule has 14 nitrogen and oxygen atoms in total. The van der Waals surface area contributed by atoms with E-state index in [0.29, 0.717) is 51.4 Å². The number of hydrogen-bond donors (Lipinski definition) is 2. The Labute approximate surface area is 406 Å². The summed E-state index contributed by atoms with van der Waals surface area (Å²) in [6.45, 7) is 15.5. The smallest absolute Gasteiger partial charge is 0.329 e. The van der Waals surface area contributed by atoms with Crippen LogP contribution in [0.25, 0.3) is 0 Å². The first-order chi connectivity index (χ1) is 32.3. The minimum absolute atomic E-state index is 0.00654. The van der Waals surface area contributed by atoms with Crippen LogP contribution < -0.4 is 0 Å². The van der Waals surface area contributed by atoms with Gasteiger partial charge in [-0.15, -0.1) is 0 Å². The van der Waals surface area contributed by atoms with Gasteiger partial charge in [0, 0.05) is 64.4 Å². The largest absolute Gasteiger partial charge is 0.460 e. The molecule has 3 aliphatic heterocycles. The molecule has 2 unspecified atom stereocenters. The summed E-state index contributed by atoms with van der Waals surface area (Å²) >= 11 is 0. The van der Waals surface area contributed by atoms with Crippen LogP contribution in [0.5, 0.6) is 0 Å². The summed E-state index contributed by atoms with van der Waals surface area (Å²) in [5.74, 6) is -7.32. The molecule has 0 aromatic rings. The first-order valence-electron chi connectivity index (χ1n) is 25.3. The molecule has 1 amide bonds. The van der Waals surface area contributed by atoms with Crippen molar-refractivity contribution in [3.8, 4) is 0 Å². The zero-order valence-electron chi connectivity index (χ0n) is 43.0. The minimum Gasteiger partial charge on any atom is -0.460 e. The van der Waals surface area contributed by atoms with Crippen LogP contribution in [0, 0.1) is 41.4 Å². The number of allylic oxidation sites excluding steroid dienone is 6. The highest BCUT2D eigenvalue weighted by Gasteiger charge is 2.53. The van der Waals surface area contributed by atoms with Crippen molar-refractivity contribution in [1.82, 2.24) is 4.90 Å². The number of fused-ring (bicyclic) bond motifs is 3. The molecule has 384 valence electrons. The number of hydrogen-bond acceptors (Lipinski definition) is 13. The quantitative estimate of drug-likeness (QED) is 0.132. The van der Waals surface area contributed by atoms with Crippen molar-refractivity contribution >= 4 is 29.2 Å². The van der Waals surface area contributed by atoms with Gasteiger partial charge >= 0.3 is 5.97 Å². The summed E-state index contributed by atoms with van der Waals surface area (Å²) in [7, 11) is 4.78. The number of cyclic esters (lactones) is 1. The molecule has 68 heavy (non-hydrogen) atoms. The van der Waals surface area contributed by atoms with Crippen LogP contribution in [-0.4, -0.2) is 134 Å². The summed E-state index contributed by atoms with van der Waals surface area (Å²) in [6, 6.07) is -1.11. The maximum atomic E-state index is 14.5. The summed E-state index contributed by atoms with van der Waals surface area (Å²) in [5, 5.41) is 21.3. The van der Waals surface area contributed by atoms with Gasteiger partial charge in [0.25, 0.3) is 11.7 Å². The third-order valence-corrected chi connectivity index (χ3v) is 15.3. The maximum Gasteiger partial charge on any atom is 0.329 e. The molecule has 2 bridgehead atoms. The Kier molecular flexibility index (Phi) is 23.0. The van der Waals surface area contributed by atoms with E-state index in [0.717, 1.165) is 24.0 Å². The Morgan fingerprint density at radius 2 is 1.57 bits per heavy atom. The zero-order chi connectivity index (χ0) is 50.3. The van der Waals surface area contributed by atoms with E-state index in [1.807, 2.05) is 65.0 Å². The lowest BCUT2D eigenvalue weighted by Gasteiger charge is -2.42. The summed E-state index contributed by atoms with van der Waals surface area (Å²) in [4.78, 5) is 72.5. The third kappa shape index (κ3) is 15.3. The second kappa shape index (κ2) is 27.3. The minimum atomic E-state index is -2.42. The summed E-state index contributed by atoms with van der Waals surface area (Å²) < 4.78 is 35.9. The fourth-order valence-electron chi connectivity index (χ4n) is 10.7. The van der Waals surface area contributed by atoms with Gasteiger partial charge in [0.1, 0.15) is 24.0 Å². The van der Waals surface area contributed by atoms with Crippen molar-refractivity contribution in [2.45, 2.75) is 181 Å². The van der Waals surface area contributed by atoms with E-state index in [1.165, 1.54) is 12.0 Å². The molecule has 4 aliphatic rings. The maximum absolute atomic E-state index is 14.5. The Morgan fingerprint density at radius 1 is 0.838 bits per heavy atom. The molecule has 2 N–H and O–H groups in total. The predicted molar refractivity (Wildman–Crippen MR) is 259 cm³/mol. The van der Waals surface area contributed by atoms with Crippen molar-refractivity contribution < 1.29 is 62.6 Å². The van der Waals surface area contributed by atoms with Crippen LogP contribution in [0.2, 0.25) is 0 Å². The molecule has 3 fully saturated rings. The van der Waals surface area contributed by atoms with Crippen molar-refractivity contribution in [1.29, 1.82) is 0 Å². The SMILES string of the molecule is CO[C@H]1CC2CC[C@@H](C)[C@@](O)(O2)C(=O)C(=O)N2CCCC[C@H]2C(=O)OC([C@H](C)C[C@@H]2CC[C@H](OCCO)[C@H](OC)C2)CC(=O)[C@H](C)/C=C(\C)[C@@H](C)[C@@H](OC)C(=O)[C@H](C)C[C@H](C)/C=C/C=C/C=C/1C. The van der Waals surface area contributed by atoms with Crippen LogP contribution in [0.3, 0.4) is 0 Å². The van der Waals surface area contributed by atoms with Gasteiger partial charge in [0.2, 0.25) is 5.79 Å². The number of rotatable bonds is 9. The number of piperidine rings is 1. The molecule has 2 saturated heterocycles. The van der Waals surface area contributed by atoms with E-state index in [2.05, 4.69) is 13.0 Å². The molecule has 0 aromatic carbocycles. The lowest BCUT2D eigenvalue weighted by atomic mass is 9.78. The topological polar surface area (TPSA) is 184 Å². The number of ketones is 3. The van der Waals surface area contributed by atoms with Gasteiger partial charge < -0.3 is 43.5 Å². The molecule has 1 aliphatic carbocycles. The van der Waals surface area contributed by atoms with Crippen molar-refractivity contribution in [2.75, 3.05) is 41.1 Å². The fraction of sp³-hybridized carbons (Fsp3) is 0.759. The fourth-order valence-corrected chi connectivity index (χ4v) is 10.7. The van der Waals surface area contributed by atoms with Crippen LogP contribution in [0.4, 0.5) is 0 Å². The Hall–Kier alpha value is -3.37. The highest BCUT2D eigenvalue weighted by molar-refractivity contribution is 6.39. The van der Waals surface area contributed by atoms with E-state index < -0.39 is 65.7 Å². The lowest BCUT2D eigenvalue weighted by molar-refractivity contribution is -0.265. The van der Waals surface area contributed by atoms with E-state index in [-0.39, 0.29) is 86.0 Å². The number of Topliss-reactive ketones (excluding diaryl/α,β-unsaturated/α-hetero) is 3. The molecule has 0 spiro atoms. The number of carbonyl (C=O) groups excluding carboxylic acids is 5. The van der Waals surface area contributed by atoms with E-state index in [9.17, 15) is 34.2 Å². The highest BCUT2D eigenvalue weighted by atomic mass is 16.6. The van der Waals surface area contributed by atoms with Gasteiger partial charge in [0.05, 0.1) is 37.6 Å². The monoisotopic (exact) mass is 956 g/mol. The van der Waals surface area contributed by atoms with E-state index in [1.54, 1.807) is 28.1 Å². The average Bonchev–Trinajstić information content (AvgIpc) is 3.32. The van der Waals surface area contributed by atoms with E-state index in [4.69, 9.17) is 28.4 Å². The standard InChI is InChI=1S/C54H85NO13/c1-33-17-13-12-14-18-34(2)46(63-9)31-42-22-20-39(7)54(62,68-42)51(59)52(60)55-24-16-15-19-43(55)53(61)67-47(37(5)29-41-21-23-45(66-26-25-56)48(30-41)64-10)32-44(57)36(4)28-35(3)40(8)50(65-11)49(58)38(6)27-33/h12-14,17-18,28,33,36-43,45-48,50,56,62H,15-16,19-27,29-32H2,1-11H3/b14-12+,17-13+,34-18+,35-28+/t33-,36-,37-,38-,39-,40-,41+,42?,43+,45+,46+,47?,48-,50-,54-/m1/s1. The Bertz CT molecular complexity index is 1810. The van der Waals surface area contributed by atoms with Crippen molar-refractivity contribution in [3.63, 3.8) is 0 Å². The van der Waals surface area contributed by atoms with E-state index >= 15 is 0 Å². The molecule has 3 heterocycles. The second-order valence-electron chi connectivity index (χ2n) is 20.5. The van der Waals surface area contributed by atoms with Gasteiger partial charge in [-0.2, -0.15) is 0 Å². The van der Waals surface area contributed by atoms with Gasteiger partial charge in [0.15, 0.2) is 5.78 Å². The van der Waals surface area contributed by atoms with Crippen LogP contribution in [0.15, 0.2) is 47.6 Å². The van der Waals surface area contributed by atoms with Gasteiger partial charge in [-0.05, 0) is 101 Å². The second-order valence-corrected chi connectivity index (χ2v) is 20.5. The van der Waals surface area contributed by atoms with Gasteiger partial charge in [-0.3, -0.25) is 19.2 Å². The van der Waals surface area contributed by atoms with Crippen molar-refractivity contribution in [3.05, 3.63) is 47.6 Å². The number of amides is 1. The van der Waals surface area contributed by atoms with Crippen LogP contribution in [0.1, 0.15) is 132 Å². The molecule has 4 rings (SSSR count). The summed E-state index contributed by atoms with van der Waals surface area (Å²) in [5.41, 5.74) is 1.73. The Morgan fingerprint density at radius 3 is 2.25 bits per heavy atom. The molecule has 1 saturated carbocycles. The molecule has 14 heteroatoms. The number of nitrogens with zero attached hydrogens (tertiary/aromatic N) is 1.